The first-order chi connectivity index (χ1) is 17.6. The quantitative estimate of drug-likeness (QED) is 0.575. The van der Waals surface area contributed by atoms with Crippen molar-refractivity contribution < 1.29 is 19.2 Å². The standard InChI is InChI=1S/C27H32N6O4/c1-16-6-4-8-20(14-16)30-27(37)31-25-26(36)33(23-17(2)7-5-9-21(23)18(3)29-25)15-22(34)32-12-10-19(11-13-32)24(28)35/h4-9,14,19,25H,10-13,15H2,1-3H3,(H2,28,35)(H2,30,31,37)/t25-/m0/s1. The zero-order valence-corrected chi connectivity index (χ0v) is 21.3. The summed E-state index contributed by atoms with van der Waals surface area (Å²) in [5.74, 6) is -1.35. The van der Waals surface area contributed by atoms with Crippen LogP contribution in [0.15, 0.2) is 47.5 Å². The van der Waals surface area contributed by atoms with Crippen molar-refractivity contribution in [2.45, 2.75) is 39.8 Å². The van der Waals surface area contributed by atoms with Gasteiger partial charge >= 0.3 is 6.03 Å². The van der Waals surface area contributed by atoms with Gasteiger partial charge in [-0.1, -0.05) is 30.3 Å². The Hall–Kier alpha value is -4.21. The maximum Gasteiger partial charge on any atom is 0.321 e. The van der Waals surface area contributed by atoms with Gasteiger partial charge in [-0.2, -0.15) is 0 Å². The zero-order chi connectivity index (χ0) is 26.7. The number of hydrogen-bond donors (Lipinski definition) is 3. The minimum absolute atomic E-state index is 0.210. The number of aryl methyl sites for hydroxylation is 2. The number of carbonyl (C=O) groups excluding carboxylic acids is 4. The molecule has 10 heteroatoms. The summed E-state index contributed by atoms with van der Waals surface area (Å²) in [7, 11) is 0. The van der Waals surface area contributed by atoms with Gasteiger partial charge in [-0.05, 0) is 56.9 Å². The first-order valence-electron chi connectivity index (χ1n) is 12.3. The number of anilines is 2. The Balaban J connectivity index is 1.57. The predicted octanol–water partition coefficient (Wildman–Crippen LogP) is 2.33. The lowest BCUT2D eigenvalue weighted by Crippen LogP contribution is -2.52. The molecular formula is C27H32N6O4. The number of benzene rings is 2. The van der Waals surface area contributed by atoms with Gasteiger partial charge in [-0.25, -0.2) is 4.79 Å². The topological polar surface area (TPSA) is 137 Å². The van der Waals surface area contributed by atoms with Crippen LogP contribution in [0.5, 0.6) is 0 Å². The normalized spacial score (nSPS) is 18.0. The highest BCUT2D eigenvalue weighted by molar-refractivity contribution is 6.14. The number of primary amides is 1. The van der Waals surface area contributed by atoms with E-state index in [4.69, 9.17) is 5.73 Å². The van der Waals surface area contributed by atoms with E-state index in [1.807, 2.05) is 50.2 Å². The number of piperidine rings is 1. The molecular weight excluding hydrogens is 472 g/mol. The van der Waals surface area contributed by atoms with Crippen LogP contribution in [-0.2, 0) is 14.4 Å². The second kappa shape index (κ2) is 10.8. The maximum absolute atomic E-state index is 13.8. The number of hydrogen-bond acceptors (Lipinski definition) is 5. The van der Waals surface area contributed by atoms with Crippen molar-refractivity contribution in [3.05, 3.63) is 59.2 Å². The minimum Gasteiger partial charge on any atom is -0.369 e. The average Bonchev–Trinajstić information content (AvgIpc) is 2.95. The number of fused-ring (bicyclic) bond motifs is 1. The summed E-state index contributed by atoms with van der Waals surface area (Å²) in [5.41, 5.74) is 9.69. The van der Waals surface area contributed by atoms with E-state index in [2.05, 4.69) is 15.6 Å². The van der Waals surface area contributed by atoms with Crippen LogP contribution in [0.1, 0.15) is 36.5 Å². The molecule has 194 valence electrons. The van der Waals surface area contributed by atoms with E-state index in [9.17, 15) is 19.2 Å². The van der Waals surface area contributed by atoms with E-state index >= 15 is 0 Å². The molecule has 2 aromatic carbocycles. The fourth-order valence-corrected chi connectivity index (χ4v) is 4.80. The monoisotopic (exact) mass is 504 g/mol. The number of benzodiazepines with no additional fused rings is 1. The number of rotatable bonds is 5. The molecule has 4 N–H and O–H groups in total. The molecule has 1 atom stereocenters. The molecule has 10 nitrogen and oxygen atoms in total. The molecule has 0 aliphatic carbocycles. The van der Waals surface area contributed by atoms with E-state index in [1.54, 1.807) is 17.9 Å². The SMILES string of the molecule is CC1=N[C@@H](NC(=O)Nc2cccc(C)c2)C(=O)N(CC(=O)N2CCC(C(N)=O)CC2)c2c(C)cccc21. The number of likely N-dealkylation sites (tertiary alicyclic amines) is 1. The zero-order valence-electron chi connectivity index (χ0n) is 21.3. The number of urea groups is 1. The summed E-state index contributed by atoms with van der Waals surface area (Å²) in [6, 6.07) is 12.3. The van der Waals surface area contributed by atoms with Gasteiger partial charge in [0.2, 0.25) is 18.0 Å². The second-order valence-electron chi connectivity index (χ2n) is 9.54. The summed E-state index contributed by atoms with van der Waals surface area (Å²) in [5, 5.41) is 5.39. The predicted molar refractivity (Wildman–Crippen MR) is 141 cm³/mol. The Morgan fingerprint density at radius 3 is 2.43 bits per heavy atom. The van der Waals surface area contributed by atoms with E-state index in [-0.39, 0.29) is 24.3 Å². The van der Waals surface area contributed by atoms with Crippen LogP contribution >= 0.6 is 0 Å². The van der Waals surface area contributed by atoms with Crippen molar-refractivity contribution in [2.75, 3.05) is 29.9 Å². The molecule has 2 aromatic rings. The van der Waals surface area contributed by atoms with Crippen LogP contribution in [0, 0.1) is 19.8 Å². The molecule has 5 amide bonds. The molecule has 0 saturated carbocycles. The van der Waals surface area contributed by atoms with Crippen molar-refractivity contribution in [1.82, 2.24) is 10.2 Å². The largest absolute Gasteiger partial charge is 0.369 e. The van der Waals surface area contributed by atoms with Gasteiger partial charge < -0.3 is 21.3 Å². The van der Waals surface area contributed by atoms with Crippen molar-refractivity contribution in [3.8, 4) is 0 Å². The number of para-hydroxylation sites is 1. The van der Waals surface area contributed by atoms with Gasteiger partial charge in [0.1, 0.15) is 6.54 Å². The highest BCUT2D eigenvalue weighted by atomic mass is 16.2. The number of amides is 5. The number of nitrogens with zero attached hydrogens (tertiary/aromatic N) is 3. The Morgan fingerprint density at radius 2 is 1.76 bits per heavy atom. The molecule has 1 saturated heterocycles. The molecule has 2 heterocycles. The van der Waals surface area contributed by atoms with Crippen LogP contribution in [0.2, 0.25) is 0 Å². The number of aliphatic imine (C=N–C) groups is 1. The van der Waals surface area contributed by atoms with Gasteiger partial charge in [0.25, 0.3) is 5.91 Å². The Labute approximate surface area is 215 Å². The fourth-order valence-electron chi connectivity index (χ4n) is 4.80. The summed E-state index contributed by atoms with van der Waals surface area (Å²) in [6.45, 7) is 6.14. The minimum atomic E-state index is -1.22. The highest BCUT2D eigenvalue weighted by Crippen LogP contribution is 2.30. The molecule has 1 fully saturated rings. The molecule has 0 aromatic heterocycles. The molecule has 2 aliphatic rings. The van der Waals surface area contributed by atoms with Gasteiger partial charge in [0.05, 0.1) is 5.69 Å². The number of nitrogens with one attached hydrogen (secondary N) is 2. The maximum atomic E-state index is 13.8. The van der Waals surface area contributed by atoms with E-state index in [0.29, 0.717) is 43.0 Å². The van der Waals surface area contributed by atoms with Gasteiger partial charge in [-0.15, -0.1) is 0 Å². The van der Waals surface area contributed by atoms with Crippen LogP contribution in [-0.4, -0.2) is 60.2 Å². The average molecular weight is 505 g/mol. The molecule has 0 radical (unpaired) electrons. The van der Waals surface area contributed by atoms with Crippen LogP contribution < -0.4 is 21.3 Å². The first kappa shape index (κ1) is 25.9. The lowest BCUT2D eigenvalue weighted by molar-refractivity contribution is -0.134. The van der Waals surface area contributed by atoms with Gasteiger partial charge in [0, 0.05) is 36.0 Å². The van der Waals surface area contributed by atoms with E-state index < -0.39 is 18.1 Å². The first-order valence-corrected chi connectivity index (χ1v) is 12.3. The molecule has 2 aliphatic heterocycles. The highest BCUT2D eigenvalue weighted by Gasteiger charge is 2.35. The van der Waals surface area contributed by atoms with Crippen molar-refractivity contribution >= 4 is 40.8 Å². The Kier molecular flexibility index (Phi) is 7.56. The van der Waals surface area contributed by atoms with Gasteiger partial charge in [-0.3, -0.25) is 24.3 Å². The van der Waals surface area contributed by atoms with E-state index in [0.717, 1.165) is 16.7 Å². The summed E-state index contributed by atoms with van der Waals surface area (Å²) < 4.78 is 0. The van der Waals surface area contributed by atoms with Crippen LogP contribution in [0.3, 0.4) is 0 Å². The molecule has 0 bridgehead atoms. The Morgan fingerprint density at radius 1 is 1.05 bits per heavy atom. The third-order valence-electron chi connectivity index (χ3n) is 6.81. The summed E-state index contributed by atoms with van der Waals surface area (Å²) in [6.07, 6.45) is -0.225. The lowest BCUT2D eigenvalue weighted by Gasteiger charge is -2.33. The third-order valence-corrected chi connectivity index (χ3v) is 6.81. The summed E-state index contributed by atoms with van der Waals surface area (Å²) >= 11 is 0. The fraction of sp³-hybridized carbons (Fsp3) is 0.370. The van der Waals surface area contributed by atoms with Crippen molar-refractivity contribution in [2.24, 2.45) is 16.6 Å². The molecule has 0 unspecified atom stereocenters. The number of carbonyl (C=O) groups is 4. The summed E-state index contributed by atoms with van der Waals surface area (Å²) in [4.78, 5) is 58.9. The number of nitrogens with two attached hydrogens (primary N) is 1. The smallest absolute Gasteiger partial charge is 0.321 e. The second-order valence-corrected chi connectivity index (χ2v) is 9.54. The van der Waals surface area contributed by atoms with Crippen LogP contribution in [0.4, 0.5) is 16.2 Å². The van der Waals surface area contributed by atoms with Gasteiger partial charge in [0.15, 0.2) is 0 Å². The lowest BCUT2D eigenvalue weighted by atomic mass is 9.96. The third kappa shape index (κ3) is 5.79. The van der Waals surface area contributed by atoms with Crippen molar-refractivity contribution in [3.63, 3.8) is 0 Å². The van der Waals surface area contributed by atoms with E-state index in [1.165, 1.54) is 4.90 Å². The Bertz CT molecular complexity index is 1270. The molecule has 4 rings (SSSR count). The van der Waals surface area contributed by atoms with Crippen molar-refractivity contribution in [1.29, 1.82) is 0 Å². The van der Waals surface area contributed by atoms with Crippen LogP contribution in [0.25, 0.3) is 0 Å². The molecule has 37 heavy (non-hydrogen) atoms. The molecule has 0 spiro atoms.